The van der Waals surface area contributed by atoms with Crippen molar-refractivity contribution in [3.05, 3.63) is 51.6 Å². The number of hydrogen-bond acceptors (Lipinski definition) is 2. The Labute approximate surface area is 132 Å². The summed E-state index contributed by atoms with van der Waals surface area (Å²) in [5.74, 6) is -0.340. The molecule has 2 N–H and O–H groups in total. The van der Waals surface area contributed by atoms with Crippen molar-refractivity contribution in [3.63, 3.8) is 0 Å². The summed E-state index contributed by atoms with van der Waals surface area (Å²) in [5.41, 5.74) is 1.01. The minimum atomic E-state index is -0.402. The van der Waals surface area contributed by atoms with Crippen molar-refractivity contribution in [2.24, 2.45) is 0 Å². The summed E-state index contributed by atoms with van der Waals surface area (Å²) in [6.45, 7) is 0. The minimum absolute atomic E-state index is 0.141. The van der Waals surface area contributed by atoms with Crippen molar-refractivity contribution in [2.45, 2.75) is 44.1 Å². The van der Waals surface area contributed by atoms with Crippen molar-refractivity contribution in [2.75, 3.05) is 5.32 Å². The molecule has 120 valence electrons. The van der Waals surface area contributed by atoms with Gasteiger partial charge in [-0.3, -0.25) is 19.4 Å². The van der Waals surface area contributed by atoms with Gasteiger partial charge in [-0.25, -0.2) is 4.39 Å². The smallest absolute Gasteiger partial charge is 0.270 e. The van der Waals surface area contributed by atoms with Gasteiger partial charge in [-0.2, -0.15) is 0 Å². The lowest BCUT2D eigenvalue weighted by molar-refractivity contribution is -0.116. The molecule has 0 spiro atoms. The molecular formula is C17H18FN3O2. The molecule has 6 heteroatoms. The molecular weight excluding hydrogens is 297 g/mol. The van der Waals surface area contributed by atoms with Gasteiger partial charge >= 0.3 is 0 Å². The third-order valence-corrected chi connectivity index (χ3v) is 4.90. The van der Waals surface area contributed by atoms with E-state index in [1.165, 1.54) is 12.1 Å². The molecule has 2 aliphatic rings. The number of rotatable bonds is 2. The molecule has 2 heterocycles. The van der Waals surface area contributed by atoms with E-state index in [0.717, 1.165) is 25.7 Å². The van der Waals surface area contributed by atoms with Gasteiger partial charge < -0.3 is 5.32 Å². The Balaban J connectivity index is 1.84. The molecule has 0 saturated heterocycles. The first kappa shape index (κ1) is 14.2. The van der Waals surface area contributed by atoms with Crippen molar-refractivity contribution < 1.29 is 9.18 Å². The van der Waals surface area contributed by atoms with Gasteiger partial charge in [0.05, 0.1) is 11.6 Å². The molecule has 1 atom stereocenters. The zero-order valence-corrected chi connectivity index (χ0v) is 12.6. The number of amides is 1. The van der Waals surface area contributed by atoms with E-state index in [1.807, 2.05) is 4.68 Å². The quantitative estimate of drug-likeness (QED) is 0.895. The highest BCUT2D eigenvalue weighted by atomic mass is 19.1. The fourth-order valence-corrected chi connectivity index (χ4v) is 3.83. The Kier molecular flexibility index (Phi) is 3.32. The summed E-state index contributed by atoms with van der Waals surface area (Å²) < 4.78 is 15.4. The Morgan fingerprint density at radius 2 is 1.96 bits per heavy atom. The maximum Gasteiger partial charge on any atom is 0.270 e. The molecule has 1 aromatic heterocycles. The molecule has 23 heavy (non-hydrogen) atoms. The molecule has 0 radical (unpaired) electrons. The number of nitrogens with one attached hydrogen (secondary N) is 2. The van der Waals surface area contributed by atoms with Crippen LogP contribution in [0.15, 0.2) is 29.1 Å². The number of hydrogen-bond donors (Lipinski definition) is 2. The molecule has 0 bridgehead atoms. The molecule has 1 amide bonds. The van der Waals surface area contributed by atoms with Gasteiger partial charge in [0, 0.05) is 12.3 Å². The van der Waals surface area contributed by atoms with Crippen molar-refractivity contribution in [1.82, 2.24) is 9.78 Å². The predicted molar refractivity (Wildman–Crippen MR) is 84.0 cm³/mol. The highest BCUT2D eigenvalue weighted by molar-refractivity contribution is 5.94. The summed E-state index contributed by atoms with van der Waals surface area (Å²) in [7, 11) is 0. The molecule has 5 nitrogen and oxygen atoms in total. The van der Waals surface area contributed by atoms with E-state index in [9.17, 15) is 14.0 Å². The number of carbonyl (C=O) groups excluding carboxylic acids is 1. The molecule has 1 aliphatic carbocycles. The fraction of sp³-hybridized carbons (Fsp3) is 0.412. The zero-order chi connectivity index (χ0) is 16.0. The maximum atomic E-state index is 13.6. The van der Waals surface area contributed by atoms with Crippen LogP contribution in [0.4, 0.5) is 10.2 Å². The summed E-state index contributed by atoms with van der Waals surface area (Å²) in [4.78, 5) is 24.6. The predicted octanol–water partition coefficient (Wildman–Crippen LogP) is 2.90. The van der Waals surface area contributed by atoms with Crippen LogP contribution < -0.4 is 10.9 Å². The lowest BCUT2D eigenvalue weighted by Crippen LogP contribution is -2.27. The van der Waals surface area contributed by atoms with Crippen LogP contribution in [0, 0.1) is 5.82 Å². The van der Waals surface area contributed by atoms with Crippen LogP contribution in [-0.2, 0) is 4.79 Å². The monoisotopic (exact) mass is 315 g/mol. The number of halogens is 1. The largest absolute Gasteiger partial charge is 0.311 e. The Morgan fingerprint density at radius 3 is 2.70 bits per heavy atom. The molecule has 1 aliphatic heterocycles. The van der Waals surface area contributed by atoms with E-state index >= 15 is 0 Å². The van der Waals surface area contributed by atoms with Gasteiger partial charge in [-0.05, 0) is 30.5 Å². The van der Waals surface area contributed by atoms with Crippen LogP contribution in [0.1, 0.15) is 55.2 Å². The van der Waals surface area contributed by atoms with Gasteiger partial charge in [0.2, 0.25) is 5.91 Å². The Hall–Kier alpha value is -2.37. The van der Waals surface area contributed by atoms with Crippen LogP contribution in [0.25, 0.3) is 0 Å². The van der Waals surface area contributed by atoms with E-state index in [1.54, 1.807) is 12.1 Å². The average Bonchev–Trinajstić information content (AvgIpc) is 3.15. The standard InChI is InChI=1S/C17H18FN3O2/c18-11-5-3-4-10(8-11)13-9-14(22)19-16-15(13)17(23)20-21(16)12-6-1-2-7-12/h3-5,8,12-13H,1-2,6-7,9H2,(H,19,22)(H,20,23)/t13-/m1/s1. The lowest BCUT2D eigenvalue weighted by Gasteiger charge is -2.24. The second-order valence-corrected chi connectivity index (χ2v) is 6.37. The average molecular weight is 315 g/mol. The first-order chi connectivity index (χ1) is 11.1. The van der Waals surface area contributed by atoms with Gasteiger partial charge in [-0.1, -0.05) is 25.0 Å². The van der Waals surface area contributed by atoms with Gasteiger partial charge in [0.25, 0.3) is 5.56 Å². The number of benzene rings is 1. The topological polar surface area (TPSA) is 66.9 Å². The highest BCUT2D eigenvalue weighted by Gasteiger charge is 2.34. The van der Waals surface area contributed by atoms with Crippen LogP contribution >= 0.6 is 0 Å². The molecule has 1 saturated carbocycles. The SMILES string of the molecule is O=C1C[C@H](c2cccc(F)c2)c2c(n(C3CCCC3)[nH]c2=O)N1. The second-order valence-electron chi connectivity index (χ2n) is 6.37. The maximum absolute atomic E-state index is 13.6. The van der Waals surface area contributed by atoms with E-state index < -0.39 is 5.92 Å². The molecule has 0 unspecified atom stereocenters. The number of anilines is 1. The van der Waals surface area contributed by atoms with Crippen LogP contribution in [0.3, 0.4) is 0 Å². The Morgan fingerprint density at radius 1 is 1.17 bits per heavy atom. The number of fused-ring (bicyclic) bond motifs is 1. The van der Waals surface area contributed by atoms with Crippen molar-refractivity contribution in [1.29, 1.82) is 0 Å². The van der Waals surface area contributed by atoms with Crippen LogP contribution in [-0.4, -0.2) is 15.7 Å². The number of nitrogens with zero attached hydrogens (tertiary/aromatic N) is 1. The summed E-state index contributed by atoms with van der Waals surface area (Å²) in [6, 6.07) is 6.36. The molecule has 1 aromatic carbocycles. The zero-order valence-electron chi connectivity index (χ0n) is 12.6. The Bertz CT molecular complexity index is 817. The summed E-state index contributed by atoms with van der Waals surface area (Å²) >= 11 is 0. The van der Waals surface area contributed by atoms with Crippen LogP contribution in [0.2, 0.25) is 0 Å². The summed E-state index contributed by atoms with van der Waals surface area (Å²) in [6.07, 6.45) is 4.41. The van der Waals surface area contributed by atoms with Crippen molar-refractivity contribution in [3.8, 4) is 0 Å². The lowest BCUT2D eigenvalue weighted by atomic mass is 9.87. The van der Waals surface area contributed by atoms with E-state index in [-0.39, 0.29) is 29.7 Å². The third-order valence-electron chi connectivity index (χ3n) is 4.90. The van der Waals surface area contributed by atoms with E-state index in [4.69, 9.17) is 0 Å². The van der Waals surface area contributed by atoms with E-state index in [2.05, 4.69) is 10.4 Å². The summed E-state index contributed by atoms with van der Waals surface area (Å²) in [5, 5.41) is 5.72. The van der Waals surface area contributed by atoms with E-state index in [0.29, 0.717) is 16.9 Å². The third kappa shape index (κ3) is 2.38. The fourth-order valence-electron chi connectivity index (χ4n) is 3.83. The number of aromatic nitrogens is 2. The molecule has 4 rings (SSSR count). The first-order valence-electron chi connectivity index (χ1n) is 8.03. The minimum Gasteiger partial charge on any atom is -0.311 e. The number of carbonyl (C=O) groups is 1. The van der Waals surface area contributed by atoms with Crippen molar-refractivity contribution >= 4 is 11.7 Å². The first-order valence-corrected chi connectivity index (χ1v) is 8.03. The van der Waals surface area contributed by atoms with Gasteiger partial charge in [0.1, 0.15) is 11.6 Å². The molecule has 2 aromatic rings. The number of aromatic amines is 1. The van der Waals surface area contributed by atoms with Gasteiger partial charge in [-0.15, -0.1) is 0 Å². The normalized spacial score (nSPS) is 21.3. The van der Waals surface area contributed by atoms with Crippen LogP contribution in [0.5, 0.6) is 0 Å². The van der Waals surface area contributed by atoms with Gasteiger partial charge in [0.15, 0.2) is 0 Å². The molecule has 1 fully saturated rings. The number of H-pyrrole nitrogens is 1. The highest BCUT2D eigenvalue weighted by Crippen LogP contribution is 2.38. The second kappa shape index (κ2) is 5.37.